The highest BCUT2D eigenvalue weighted by Gasteiger charge is 1.78. The second-order valence-corrected chi connectivity index (χ2v) is 1.19. The summed E-state index contributed by atoms with van der Waals surface area (Å²) < 4.78 is 11.2. The smallest absolute Gasteiger partial charge is 0.293 e. The molecule has 0 saturated heterocycles. The Hall–Kier alpha value is -0.530. The maximum Gasteiger partial charge on any atom is 0.293 e. The summed E-state index contributed by atoms with van der Waals surface area (Å²) in [5.74, 6) is 0. The summed E-state index contributed by atoms with van der Waals surface area (Å²) in [7, 11) is 0. The zero-order chi connectivity index (χ0) is 6.41. The van der Waals surface area contributed by atoms with E-state index >= 15 is 0 Å². The summed E-state index contributed by atoms with van der Waals surface area (Å²) in [6, 6.07) is 0. The number of hydrogen-bond donors (Lipinski definition) is 0. The molecule has 7 heavy (non-hydrogen) atoms. The van der Waals surface area contributed by atoms with Gasteiger partial charge < -0.3 is 4.74 Å². The van der Waals surface area contributed by atoms with E-state index in [1.165, 1.54) is 0 Å². The Bertz CT molecular complexity index is 65.4. The van der Waals surface area contributed by atoms with Gasteiger partial charge in [0.15, 0.2) is 0 Å². The van der Waals surface area contributed by atoms with Crippen LogP contribution >= 0.6 is 0 Å². The maximum atomic E-state index is 9.55. The number of carbonyl (C=O) groups is 1. The van der Waals surface area contributed by atoms with Crippen LogP contribution in [0.1, 0.15) is 21.1 Å². The third-order valence-electron chi connectivity index (χ3n) is 0.558. The lowest BCUT2D eigenvalue weighted by Gasteiger charge is -1.90. The van der Waals surface area contributed by atoms with Crippen molar-refractivity contribution in [2.24, 2.45) is 0 Å². The molecule has 0 radical (unpaired) electrons. The van der Waals surface area contributed by atoms with Crippen LogP contribution in [0.2, 0.25) is 0 Å². The number of rotatable bonds is 4. The molecule has 0 fully saturated rings. The van der Waals surface area contributed by atoms with Crippen molar-refractivity contribution in [3.05, 3.63) is 0 Å². The highest BCUT2D eigenvalue weighted by molar-refractivity contribution is 5.36. The van der Waals surface area contributed by atoms with Crippen molar-refractivity contribution in [2.45, 2.75) is 19.8 Å². The van der Waals surface area contributed by atoms with Gasteiger partial charge in [-0.15, -0.1) is 0 Å². The third-order valence-corrected chi connectivity index (χ3v) is 0.558. The lowest BCUT2D eigenvalue weighted by atomic mass is 10.4. The van der Waals surface area contributed by atoms with Gasteiger partial charge in [-0.3, -0.25) is 4.79 Å². The van der Waals surface area contributed by atoms with E-state index in [4.69, 9.17) is 1.37 Å². The van der Waals surface area contributed by atoms with Crippen molar-refractivity contribution in [1.82, 2.24) is 0 Å². The zero-order valence-electron chi connectivity index (χ0n) is 5.39. The van der Waals surface area contributed by atoms with Gasteiger partial charge in [-0.25, -0.2) is 0 Å². The molecule has 0 aliphatic heterocycles. The van der Waals surface area contributed by atoms with E-state index in [0.29, 0.717) is 12.9 Å². The molecule has 0 saturated carbocycles. The predicted molar refractivity (Wildman–Crippen MR) is 26.9 cm³/mol. The van der Waals surface area contributed by atoms with Crippen molar-refractivity contribution in [3.8, 4) is 0 Å². The van der Waals surface area contributed by atoms with Gasteiger partial charge in [-0.2, -0.15) is 0 Å². The lowest BCUT2D eigenvalue weighted by molar-refractivity contribution is -0.128. The molecule has 0 N–H and O–H groups in total. The first-order chi connectivity index (χ1) is 3.81. The summed E-state index contributed by atoms with van der Waals surface area (Å²) in [5.41, 5.74) is 0. The molecular weight excluding hydrogens is 92.1 g/mol. The van der Waals surface area contributed by atoms with Crippen molar-refractivity contribution in [3.63, 3.8) is 0 Å². The largest absolute Gasteiger partial charge is 0.468 e. The minimum Gasteiger partial charge on any atom is -0.468 e. The van der Waals surface area contributed by atoms with E-state index in [9.17, 15) is 4.79 Å². The molecular formula is C5H10O2. The van der Waals surface area contributed by atoms with E-state index in [1.54, 1.807) is 0 Å². The second-order valence-electron chi connectivity index (χ2n) is 1.19. The molecule has 1 atom stereocenters. The lowest BCUT2D eigenvalue weighted by Crippen LogP contribution is -1.88. The third kappa shape index (κ3) is 5.47. The van der Waals surface area contributed by atoms with Gasteiger partial charge in [-0.1, -0.05) is 13.3 Å². The fourth-order valence-corrected chi connectivity index (χ4v) is 0.225. The highest BCUT2D eigenvalue weighted by Crippen LogP contribution is 1.83. The first-order valence-electron chi connectivity index (χ1n) is 2.90. The quantitative estimate of drug-likeness (QED) is 0.495. The van der Waals surface area contributed by atoms with Gasteiger partial charge in [0, 0.05) is 0 Å². The van der Waals surface area contributed by atoms with Gasteiger partial charge in [0.25, 0.3) is 6.47 Å². The average Bonchev–Trinajstić information content (AvgIpc) is 1.68. The van der Waals surface area contributed by atoms with E-state index in [-0.39, 0.29) is 0 Å². The van der Waals surface area contributed by atoms with Gasteiger partial charge in [0.1, 0.15) is 0 Å². The molecule has 0 aromatic rings. The van der Waals surface area contributed by atoms with Crippen LogP contribution in [0, 0.1) is 0 Å². The summed E-state index contributed by atoms with van der Waals surface area (Å²) in [6.45, 7) is 1.60. The van der Waals surface area contributed by atoms with Crippen LogP contribution in [0.25, 0.3) is 0 Å². The van der Waals surface area contributed by atoms with Crippen molar-refractivity contribution in [1.29, 1.82) is 0 Å². The summed E-state index contributed by atoms with van der Waals surface area (Å²) in [6.07, 6.45) is 1.50. The Morgan fingerprint density at radius 1 is 2.00 bits per heavy atom. The van der Waals surface area contributed by atoms with Crippen LogP contribution in [0.5, 0.6) is 0 Å². The van der Waals surface area contributed by atoms with E-state index in [0.717, 1.165) is 6.42 Å². The Labute approximate surface area is 44.9 Å². The van der Waals surface area contributed by atoms with Crippen LogP contribution in [0.4, 0.5) is 0 Å². The predicted octanol–water partition coefficient (Wildman–Crippen LogP) is 0.960. The van der Waals surface area contributed by atoms with Gasteiger partial charge >= 0.3 is 0 Å². The van der Waals surface area contributed by atoms with Crippen LogP contribution in [-0.2, 0) is 9.53 Å². The Morgan fingerprint density at radius 3 is 3.14 bits per heavy atom. The molecule has 0 spiro atoms. The van der Waals surface area contributed by atoms with Crippen LogP contribution < -0.4 is 0 Å². The Morgan fingerprint density at radius 2 is 2.71 bits per heavy atom. The van der Waals surface area contributed by atoms with E-state index in [2.05, 4.69) is 4.74 Å². The molecule has 2 heteroatoms. The average molecular weight is 103 g/mol. The summed E-state index contributed by atoms with van der Waals surface area (Å²) in [4.78, 5) is 9.55. The molecule has 0 heterocycles. The molecule has 0 aromatic carbocycles. The fourth-order valence-electron chi connectivity index (χ4n) is 0.225. The van der Waals surface area contributed by atoms with Crippen LogP contribution in [0.15, 0.2) is 0 Å². The summed E-state index contributed by atoms with van der Waals surface area (Å²) >= 11 is 0. The number of hydrogen-bond acceptors (Lipinski definition) is 2. The van der Waals surface area contributed by atoms with Gasteiger partial charge in [0.05, 0.1) is 7.95 Å². The SMILES string of the molecule is [2H]C(CCC)OC=O. The minimum absolute atomic E-state index is 0.313. The first kappa shape index (κ1) is 4.62. The molecule has 0 aliphatic rings. The molecule has 0 rings (SSSR count). The van der Waals surface area contributed by atoms with E-state index < -0.39 is 6.58 Å². The van der Waals surface area contributed by atoms with Crippen LogP contribution in [0.3, 0.4) is 0 Å². The minimum atomic E-state index is -0.655. The molecule has 0 amide bonds. The highest BCUT2D eigenvalue weighted by atomic mass is 16.5. The number of carbonyl (C=O) groups excluding carboxylic acids is 1. The summed E-state index contributed by atoms with van der Waals surface area (Å²) in [5, 5.41) is 0. The molecule has 42 valence electrons. The standard InChI is InChI=1S/C5H10O2/c1-2-3-4-7-5-6/h5H,2-4H2,1H3/i4D. The number of ether oxygens (including phenoxy) is 1. The maximum absolute atomic E-state index is 9.55. The monoisotopic (exact) mass is 103 g/mol. The first-order valence-corrected chi connectivity index (χ1v) is 2.32. The van der Waals surface area contributed by atoms with Crippen molar-refractivity contribution >= 4 is 6.47 Å². The molecule has 0 aromatic heterocycles. The Kier molecular flexibility index (Phi) is 3.61. The van der Waals surface area contributed by atoms with Crippen molar-refractivity contribution < 1.29 is 10.9 Å². The van der Waals surface area contributed by atoms with Gasteiger partial charge in [0.2, 0.25) is 0 Å². The molecule has 2 nitrogen and oxygen atoms in total. The normalized spacial score (nSPS) is 14.7. The van der Waals surface area contributed by atoms with Crippen LogP contribution in [-0.4, -0.2) is 13.1 Å². The topological polar surface area (TPSA) is 26.3 Å². The molecule has 0 aliphatic carbocycles. The molecule has 0 bridgehead atoms. The second kappa shape index (κ2) is 5.47. The van der Waals surface area contributed by atoms with E-state index in [1.807, 2.05) is 6.92 Å². The van der Waals surface area contributed by atoms with Crippen molar-refractivity contribution in [2.75, 3.05) is 6.58 Å². The Balaban J connectivity index is 3.03. The zero-order valence-corrected chi connectivity index (χ0v) is 4.39. The van der Waals surface area contributed by atoms with Gasteiger partial charge in [-0.05, 0) is 6.42 Å². The molecule has 1 unspecified atom stereocenters. The fraction of sp³-hybridized carbons (Fsp3) is 0.800.